The largest absolute Gasteiger partial charge is 0.456 e. The Morgan fingerprint density at radius 1 is 0.413 bits per heavy atom. The molecule has 0 saturated heterocycles. The quantitative estimate of drug-likeness (QED) is 0.202. The predicted molar refractivity (Wildman–Crippen MR) is 188 cm³/mol. The molecule has 0 spiro atoms. The molecule has 0 aliphatic heterocycles. The molecule has 0 fully saturated rings. The van der Waals surface area contributed by atoms with Crippen LogP contribution < -0.4 is 0 Å². The van der Waals surface area contributed by atoms with Crippen molar-refractivity contribution in [3.8, 4) is 45.3 Å². The van der Waals surface area contributed by atoms with E-state index < -0.39 is 0 Å². The maximum Gasteiger partial charge on any atom is 0.167 e. The molecule has 0 bridgehead atoms. The smallest absolute Gasteiger partial charge is 0.167 e. The number of hydrogen-bond acceptors (Lipinski definition) is 5. The number of para-hydroxylation sites is 2. The summed E-state index contributed by atoms with van der Waals surface area (Å²) in [6, 6.07) is 45.3. The monoisotopic (exact) mass is 595 g/mol. The maximum atomic E-state index is 6.36. The molecule has 9 aromatic rings. The van der Waals surface area contributed by atoms with Gasteiger partial charge in [0.05, 0.1) is 5.56 Å². The number of aromatic nitrogens is 3. The lowest BCUT2D eigenvalue weighted by atomic mass is 10.0. The van der Waals surface area contributed by atoms with Crippen LogP contribution in [0.15, 0.2) is 142 Å². The summed E-state index contributed by atoms with van der Waals surface area (Å²) in [6.45, 7) is 2.10. The highest BCUT2D eigenvalue weighted by Gasteiger charge is 2.18. The first-order valence-electron chi connectivity index (χ1n) is 14.9. The van der Waals surface area contributed by atoms with E-state index >= 15 is 0 Å². The van der Waals surface area contributed by atoms with Crippen LogP contribution in [0, 0.1) is 6.92 Å². The Kier molecular flexibility index (Phi) is 6.47. The third-order valence-electron chi connectivity index (χ3n) is 8.43. The summed E-state index contributed by atoms with van der Waals surface area (Å²) in [5.41, 5.74) is 9.37. The predicted octanol–water partition coefficient (Wildman–Crippen LogP) is 11.3. The van der Waals surface area contributed by atoms with Crippen molar-refractivity contribution in [2.75, 3.05) is 0 Å². The van der Waals surface area contributed by atoms with Crippen LogP contribution in [0.25, 0.3) is 89.2 Å². The molecule has 0 radical (unpaired) electrons. The Bertz CT molecular complexity index is 2540. The van der Waals surface area contributed by atoms with Crippen LogP contribution in [0.3, 0.4) is 0 Å². The topological polar surface area (TPSA) is 65.0 Å². The molecule has 9 rings (SSSR count). The second-order valence-electron chi connectivity index (χ2n) is 11.3. The molecule has 0 amide bonds. The molecule has 5 heteroatoms. The number of furan rings is 2. The average molecular weight is 596 g/mol. The van der Waals surface area contributed by atoms with Crippen LogP contribution in [-0.2, 0) is 0 Å². The summed E-state index contributed by atoms with van der Waals surface area (Å²) >= 11 is 0. The third-order valence-corrected chi connectivity index (χ3v) is 8.43. The Labute approximate surface area is 265 Å². The second kappa shape index (κ2) is 10.8. The van der Waals surface area contributed by atoms with Gasteiger partial charge >= 0.3 is 0 Å². The summed E-state index contributed by atoms with van der Waals surface area (Å²) in [7, 11) is 0. The van der Waals surface area contributed by atoms with E-state index in [-0.39, 0.29) is 7.43 Å². The molecule has 0 saturated carbocycles. The molecule has 0 aliphatic rings. The average Bonchev–Trinajstić information content (AvgIpc) is 3.66. The molecule has 0 N–H and O–H groups in total. The highest BCUT2D eigenvalue weighted by molar-refractivity contribution is 6.09. The summed E-state index contributed by atoms with van der Waals surface area (Å²) < 4.78 is 12.7. The Morgan fingerprint density at radius 3 is 1.91 bits per heavy atom. The van der Waals surface area contributed by atoms with Crippen molar-refractivity contribution >= 4 is 43.9 Å². The van der Waals surface area contributed by atoms with Gasteiger partial charge in [-0.25, -0.2) is 15.0 Å². The van der Waals surface area contributed by atoms with Gasteiger partial charge in [0.25, 0.3) is 0 Å². The van der Waals surface area contributed by atoms with Crippen molar-refractivity contribution in [3.63, 3.8) is 0 Å². The fraction of sp³-hybridized carbons (Fsp3) is 0.0488. The van der Waals surface area contributed by atoms with Crippen LogP contribution in [-0.4, -0.2) is 15.0 Å². The number of benzene rings is 6. The molecule has 0 unspecified atom stereocenters. The summed E-state index contributed by atoms with van der Waals surface area (Å²) in [4.78, 5) is 14.9. The van der Waals surface area contributed by atoms with Gasteiger partial charge in [-0.15, -0.1) is 0 Å². The standard InChI is InChI=1S/C40H25N3O2.CH4/c1-24-14-16-25(17-15-24)27-19-21-35-33(22-27)30-20-18-28(23-36(30)44-35)39-41-38(26-8-3-2-4-9-26)42-40(43-39)32-12-7-11-31-29-10-5-6-13-34(29)45-37(31)32;/h2-23H,1H3;1H4. The van der Waals surface area contributed by atoms with Crippen molar-refractivity contribution < 1.29 is 8.83 Å². The zero-order chi connectivity index (χ0) is 29.9. The highest BCUT2D eigenvalue weighted by atomic mass is 16.3. The fourth-order valence-corrected chi connectivity index (χ4v) is 6.11. The first kappa shape index (κ1) is 27.5. The van der Waals surface area contributed by atoms with Gasteiger partial charge in [-0.2, -0.15) is 0 Å². The third kappa shape index (κ3) is 4.52. The van der Waals surface area contributed by atoms with Gasteiger partial charge in [0.1, 0.15) is 22.3 Å². The van der Waals surface area contributed by atoms with Crippen LogP contribution >= 0.6 is 0 Å². The SMILES string of the molecule is C.Cc1ccc(-c2ccc3oc4cc(-c5nc(-c6ccccc6)nc(-c6cccc7c6oc6ccccc67)n5)ccc4c3c2)cc1. The first-order chi connectivity index (χ1) is 22.2. The second-order valence-corrected chi connectivity index (χ2v) is 11.3. The number of aryl methyl sites for hydroxylation is 1. The Balaban J connectivity index is 0.00000312. The van der Waals surface area contributed by atoms with Crippen LogP contribution in [0.4, 0.5) is 0 Å². The van der Waals surface area contributed by atoms with Gasteiger partial charge in [-0.3, -0.25) is 0 Å². The molecule has 220 valence electrons. The van der Waals surface area contributed by atoms with Gasteiger partial charge in [-0.05, 0) is 54.4 Å². The van der Waals surface area contributed by atoms with Gasteiger partial charge in [0.15, 0.2) is 17.5 Å². The summed E-state index contributed by atoms with van der Waals surface area (Å²) in [5, 5.41) is 4.22. The van der Waals surface area contributed by atoms with Gasteiger partial charge in [-0.1, -0.05) is 110 Å². The highest BCUT2D eigenvalue weighted by Crippen LogP contribution is 2.37. The molecular formula is C41H29N3O2. The lowest BCUT2D eigenvalue weighted by Gasteiger charge is -2.09. The van der Waals surface area contributed by atoms with E-state index in [4.69, 9.17) is 23.8 Å². The van der Waals surface area contributed by atoms with E-state index in [1.54, 1.807) is 0 Å². The lowest BCUT2D eigenvalue weighted by Crippen LogP contribution is -2.00. The Hall–Kier alpha value is -6.07. The molecule has 46 heavy (non-hydrogen) atoms. The number of hydrogen-bond donors (Lipinski definition) is 0. The van der Waals surface area contributed by atoms with E-state index in [9.17, 15) is 0 Å². The van der Waals surface area contributed by atoms with E-state index in [2.05, 4.69) is 67.6 Å². The van der Waals surface area contributed by atoms with E-state index in [1.807, 2.05) is 72.8 Å². The molecule has 6 aromatic carbocycles. The van der Waals surface area contributed by atoms with Crippen LogP contribution in [0.5, 0.6) is 0 Å². The van der Waals surface area contributed by atoms with Gasteiger partial charge in [0, 0.05) is 32.7 Å². The number of fused-ring (bicyclic) bond motifs is 6. The van der Waals surface area contributed by atoms with Crippen LogP contribution in [0.2, 0.25) is 0 Å². The van der Waals surface area contributed by atoms with E-state index in [1.165, 1.54) is 11.1 Å². The number of nitrogens with zero attached hydrogens (tertiary/aromatic N) is 3. The summed E-state index contributed by atoms with van der Waals surface area (Å²) in [6.07, 6.45) is 0. The zero-order valence-electron chi connectivity index (χ0n) is 24.4. The molecule has 5 nitrogen and oxygen atoms in total. The van der Waals surface area contributed by atoms with E-state index in [0.29, 0.717) is 17.5 Å². The van der Waals surface area contributed by atoms with Crippen molar-refractivity contribution in [1.29, 1.82) is 0 Å². The molecule has 3 heterocycles. The summed E-state index contributed by atoms with van der Waals surface area (Å²) in [5.74, 6) is 1.71. The van der Waals surface area contributed by atoms with Crippen molar-refractivity contribution in [1.82, 2.24) is 15.0 Å². The molecule has 0 atom stereocenters. The molecular weight excluding hydrogens is 566 g/mol. The van der Waals surface area contributed by atoms with Crippen LogP contribution in [0.1, 0.15) is 13.0 Å². The van der Waals surface area contributed by atoms with Crippen molar-refractivity contribution in [2.45, 2.75) is 14.4 Å². The van der Waals surface area contributed by atoms with Gasteiger partial charge < -0.3 is 8.83 Å². The van der Waals surface area contributed by atoms with Crippen molar-refractivity contribution in [2.24, 2.45) is 0 Å². The van der Waals surface area contributed by atoms with Crippen molar-refractivity contribution in [3.05, 3.63) is 139 Å². The first-order valence-corrected chi connectivity index (χ1v) is 14.9. The fourth-order valence-electron chi connectivity index (χ4n) is 6.11. The van der Waals surface area contributed by atoms with E-state index in [0.717, 1.165) is 66.1 Å². The maximum absolute atomic E-state index is 6.36. The van der Waals surface area contributed by atoms with Gasteiger partial charge in [0.2, 0.25) is 0 Å². The Morgan fingerprint density at radius 2 is 1.07 bits per heavy atom. The minimum absolute atomic E-state index is 0. The lowest BCUT2D eigenvalue weighted by molar-refractivity contribution is 0.668. The molecule has 3 aromatic heterocycles. The molecule has 0 aliphatic carbocycles. The minimum atomic E-state index is 0. The normalized spacial score (nSPS) is 11.4. The zero-order valence-corrected chi connectivity index (χ0v) is 24.4. The number of rotatable bonds is 4. The minimum Gasteiger partial charge on any atom is -0.456 e.